The zero-order valence-electron chi connectivity index (χ0n) is 13.2. The van der Waals surface area contributed by atoms with E-state index < -0.39 is 7.05 Å². The second kappa shape index (κ2) is 6.08. The summed E-state index contributed by atoms with van der Waals surface area (Å²) in [5, 5.41) is 10.3. The summed E-state index contributed by atoms with van der Waals surface area (Å²) < 4.78 is 1.07. The summed E-state index contributed by atoms with van der Waals surface area (Å²) in [7, 11) is -0.422. The van der Waals surface area contributed by atoms with Gasteiger partial charge in [0, 0.05) is 10.5 Å². The van der Waals surface area contributed by atoms with Crippen molar-refractivity contribution in [3.8, 4) is 11.3 Å². The quantitative estimate of drug-likeness (QED) is 0.803. The molecule has 0 amide bonds. The Kier molecular flexibility index (Phi) is 4.07. The molecule has 2 aromatic rings. The molecule has 0 radical (unpaired) electrons. The number of H-pyrrole nitrogens is 1. The van der Waals surface area contributed by atoms with Crippen LogP contribution >= 0.6 is 15.9 Å². The van der Waals surface area contributed by atoms with Crippen LogP contribution in [0.4, 0.5) is 0 Å². The average molecular weight is 374 g/mol. The lowest BCUT2D eigenvalue weighted by molar-refractivity contribution is 0.0348. The number of nitrogens with one attached hydrogen (secondary N) is 1. The van der Waals surface area contributed by atoms with Gasteiger partial charge in [-0.2, -0.15) is 0 Å². The minimum atomic E-state index is -0.422. The number of aromatic amines is 1. The van der Waals surface area contributed by atoms with E-state index in [1.807, 2.05) is 25.2 Å². The lowest BCUT2D eigenvalue weighted by atomic mass is 9.67. The highest BCUT2D eigenvalue weighted by Crippen LogP contribution is 2.47. The van der Waals surface area contributed by atoms with Crippen LogP contribution in [-0.2, 0) is 0 Å². The number of halogens is 1. The summed E-state index contributed by atoms with van der Waals surface area (Å²) >= 11 is 3.47. The van der Waals surface area contributed by atoms with Crippen molar-refractivity contribution < 1.29 is 5.02 Å². The number of fused-ring (bicyclic) bond motifs is 3. The van der Waals surface area contributed by atoms with E-state index in [1.165, 1.54) is 25.7 Å². The van der Waals surface area contributed by atoms with Gasteiger partial charge in [-0.15, -0.1) is 0 Å². The number of piperidine rings is 2. The number of hydrogen-bond donors (Lipinski definition) is 2. The molecule has 2 aliphatic heterocycles. The van der Waals surface area contributed by atoms with Crippen molar-refractivity contribution in [1.82, 2.24) is 14.8 Å². The van der Waals surface area contributed by atoms with Gasteiger partial charge in [-0.3, -0.25) is 0 Å². The Morgan fingerprint density at radius 1 is 1.22 bits per heavy atom. The van der Waals surface area contributed by atoms with E-state index in [9.17, 15) is 5.02 Å². The molecule has 5 rings (SSSR count). The minimum Gasteiger partial charge on any atom is -0.437 e. The van der Waals surface area contributed by atoms with Crippen LogP contribution in [0.3, 0.4) is 0 Å². The maximum Gasteiger partial charge on any atom is 0.377 e. The Morgan fingerprint density at radius 2 is 1.91 bits per heavy atom. The molecule has 1 atom stereocenters. The molecule has 120 valence electrons. The second-order valence-electron chi connectivity index (χ2n) is 6.78. The number of imidazole rings is 1. The molecule has 1 aromatic heterocycles. The van der Waals surface area contributed by atoms with Gasteiger partial charge in [-0.1, -0.05) is 28.1 Å². The predicted octanol–water partition coefficient (Wildman–Crippen LogP) is 3.87. The first-order chi connectivity index (χ1) is 11.1. The van der Waals surface area contributed by atoms with Gasteiger partial charge in [-0.25, -0.2) is 4.98 Å². The number of benzene rings is 1. The highest BCUT2D eigenvalue weighted by molar-refractivity contribution is 9.10. The van der Waals surface area contributed by atoms with Gasteiger partial charge in [0.2, 0.25) is 0 Å². The molecule has 1 aliphatic carbocycles. The van der Waals surface area contributed by atoms with Crippen LogP contribution in [0.2, 0.25) is 6.82 Å². The summed E-state index contributed by atoms with van der Waals surface area (Å²) in [6.45, 7) is 1.88. The van der Waals surface area contributed by atoms with Gasteiger partial charge in [0.25, 0.3) is 0 Å². The largest absolute Gasteiger partial charge is 0.437 e. The summed E-state index contributed by atoms with van der Waals surface area (Å²) in [4.78, 5) is 10.4. The molecular weight excluding hydrogens is 353 g/mol. The van der Waals surface area contributed by atoms with Crippen LogP contribution < -0.4 is 0 Å². The molecule has 2 saturated heterocycles. The smallest absolute Gasteiger partial charge is 0.377 e. The number of nitrogens with zero attached hydrogens (tertiary/aromatic N) is 2. The zero-order valence-corrected chi connectivity index (χ0v) is 14.8. The maximum atomic E-state index is 10.3. The molecule has 4 nitrogen and oxygen atoms in total. The molecule has 1 aromatic carbocycles. The molecule has 3 fully saturated rings. The van der Waals surface area contributed by atoms with Crippen LogP contribution in [-0.4, -0.2) is 32.9 Å². The molecule has 23 heavy (non-hydrogen) atoms. The summed E-state index contributed by atoms with van der Waals surface area (Å²) in [5.74, 6) is 1.59. The Bertz CT molecular complexity index is 679. The highest BCUT2D eigenvalue weighted by atomic mass is 79.9. The van der Waals surface area contributed by atoms with Crippen LogP contribution in [0.5, 0.6) is 0 Å². The van der Waals surface area contributed by atoms with E-state index in [0.29, 0.717) is 12.0 Å². The molecule has 6 heteroatoms. The molecule has 3 aliphatic rings. The van der Waals surface area contributed by atoms with Gasteiger partial charge in [0.1, 0.15) is 5.82 Å². The van der Waals surface area contributed by atoms with Crippen molar-refractivity contribution in [1.29, 1.82) is 0 Å². The SMILES string of the molecule is CB(O)N1C2CCC(CC2)[C@H]1c1ncc(-c2ccc(Br)cc2)[nH]1. The lowest BCUT2D eigenvalue weighted by Crippen LogP contribution is -2.56. The topological polar surface area (TPSA) is 52.1 Å². The maximum absolute atomic E-state index is 10.3. The van der Waals surface area contributed by atoms with Crippen LogP contribution in [0.15, 0.2) is 34.9 Å². The number of aromatic nitrogens is 2. The van der Waals surface area contributed by atoms with Crippen LogP contribution in [0.1, 0.15) is 37.5 Å². The van der Waals surface area contributed by atoms with Gasteiger partial charge in [0.05, 0.1) is 17.9 Å². The minimum absolute atomic E-state index is 0.215. The van der Waals surface area contributed by atoms with E-state index in [1.54, 1.807) is 0 Å². The first-order valence-corrected chi connectivity index (χ1v) is 9.19. The monoisotopic (exact) mass is 373 g/mol. The van der Waals surface area contributed by atoms with Gasteiger partial charge in [-0.05, 0) is 56.1 Å². The molecule has 3 heterocycles. The third-order valence-corrected chi connectivity index (χ3v) is 5.92. The normalized spacial score (nSPS) is 27.3. The molecular formula is C17H21BBrN3O. The predicted molar refractivity (Wildman–Crippen MR) is 95.9 cm³/mol. The first-order valence-electron chi connectivity index (χ1n) is 8.40. The lowest BCUT2D eigenvalue weighted by Gasteiger charge is -2.51. The Morgan fingerprint density at radius 3 is 2.57 bits per heavy atom. The summed E-state index contributed by atoms with van der Waals surface area (Å²) in [6, 6.07) is 8.96. The highest BCUT2D eigenvalue weighted by Gasteiger charge is 2.46. The molecule has 2 N–H and O–H groups in total. The number of hydrogen-bond acceptors (Lipinski definition) is 3. The van der Waals surface area contributed by atoms with Crippen molar-refractivity contribution in [2.24, 2.45) is 5.92 Å². The Hall–Kier alpha value is -1.11. The molecule has 0 unspecified atom stereocenters. The van der Waals surface area contributed by atoms with Crippen molar-refractivity contribution in [3.05, 3.63) is 40.8 Å². The third kappa shape index (κ3) is 2.77. The summed E-state index contributed by atoms with van der Waals surface area (Å²) in [5.41, 5.74) is 2.18. The standard InChI is InChI=1S/C17H21BBrN3O/c1-18(23)22-14-8-4-12(5-9-14)16(22)17-20-10-15(21-17)11-2-6-13(19)7-3-11/h2-3,6-7,10,12,14,16,23H,4-5,8-9H2,1H3,(H,20,21)/t12?,14?,16-/m0/s1. The van der Waals surface area contributed by atoms with Crippen LogP contribution in [0.25, 0.3) is 11.3 Å². The fourth-order valence-electron chi connectivity index (χ4n) is 4.35. The van der Waals surface area contributed by atoms with Crippen molar-refractivity contribution in [2.45, 2.75) is 44.6 Å². The summed E-state index contributed by atoms with van der Waals surface area (Å²) in [6.07, 6.45) is 6.81. The van der Waals surface area contributed by atoms with Gasteiger partial charge >= 0.3 is 7.05 Å². The third-order valence-electron chi connectivity index (χ3n) is 5.39. The van der Waals surface area contributed by atoms with E-state index in [0.717, 1.165) is 21.6 Å². The second-order valence-corrected chi connectivity index (χ2v) is 7.70. The van der Waals surface area contributed by atoms with E-state index >= 15 is 0 Å². The fourth-order valence-corrected chi connectivity index (χ4v) is 4.62. The Labute approximate surface area is 145 Å². The van der Waals surface area contributed by atoms with E-state index in [2.05, 4.69) is 42.8 Å². The molecule has 2 bridgehead atoms. The Balaban J connectivity index is 1.66. The van der Waals surface area contributed by atoms with E-state index in [4.69, 9.17) is 0 Å². The van der Waals surface area contributed by atoms with E-state index in [-0.39, 0.29) is 6.04 Å². The first kappa shape index (κ1) is 15.4. The van der Waals surface area contributed by atoms with Crippen molar-refractivity contribution >= 4 is 23.0 Å². The fraction of sp³-hybridized carbons (Fsp3) is 0.471. The number of rotatable bonds is 3. The van der Waals surface area contributed by atoms with Crippen molar-refractivity contribution in [2.75, 3.05) is 0 Å². The molecule has 0 spiro atoms. The van der Waals surface area contributed by atoms with Crippen molar-refractivity contribution in [3.63, 3.8) is 0 Å². The van der Waals surface area contributed by atoms with Gasteiger partial charge < -0.3 is 14.8 Å². The molecule has 1 saturated carbocycles. The zero-order chi connectivity index (χ0) is 16.0. The van der Waals surface area contributed by atoms with Crippen LogP contribution in [0, 0.1) is 5.92 Å². The van der Waals surface area contributed by atoms with Gasteiger partial charge in [0.15, 0.2) is 0 Å². The average Bonchev–Trinajstić information content (AvgIpc) is 3.05.